The van der Waals surface area contributed by atoms with Gasteiger partial charge in [0, 0.05) is 43.2 Å². The number of likely N-dealkylation sites (tertiary alicyclic amines) is 2. The molecule has 55 heavy (non-hydrogen) atoms. The van der Waals surface area contributed by atoms with Gasteiger partial charge in [-0.1, -0.05) is 60.7 Å². The third kappa shape index (κ3) is 8.94. The minimum Gasteiger partial charge on any atom is -0.445 e. The molecule has 2 N–H and O–H groups in total. The van der Waals surface area contributed by atoms with E-state index in [9.17, 15) is 23.6 Å². The fourth-order valence-corrected chi connectivity index (χ4v) is 7.67. The Bertz CT molecular complexity index is 1980. The summed E-state index contributed by atoms with van der Waals surface area (Å²) in [6, 6.07) is 20.1. The molecule has 2 fully saturated rings. The van der Waals surface area contributed by atoms with E-state index in [1.807, 2.05) is 87.6 Å². The number of hydrogen-bond acceptors (Lipinski definition) is 7. The Kier molecular flexibility index (Phi) is 11.8. The number of aromatic amines is 1. The van der Waals surface area contributed by atoms with Gasteiger partial charge >= 0.3 is 12.2 Å². The lowest BCUT2D eigenvalue weighted by Crippen LogP contribution is -2.60. The molecule has 6 unspecified atom stereocenters. The maximum absolute atomic E-state index is 14.9. The highest BCUT2D eigenvalue weighted by atomic mass is 19.1. The summed E-state index contributed by atoms with van der Waals surface area (Å²) in [7, 11) is 1.47. The monoisotopic (exact) mass is 755 g/mol. The van der Waals surface area contributed by atoms with Crippen LogP contribution >= 0.6 is 0 Å². The summed E-state index contributed by atoms with van der Waals surface area (Å²) in [5.74, 6) is -1.69. The summed E-state index contributed by atoms with van der Waals surface area (Å²) >= 11 is 0. The van der Waals surface area contributed by atoms with Crippen LogP contribution in [0.4, 0.5) is 14.0 Å². The third-order valence-corrected chi connectivity index (χ3v) is 10.5. The number of halogens is 1. The van der Waals surface area contributed by atoms with Crippen LogP contribution in [0.25, 0.3) is 10.9 Å². The lowest BCUT2D eigenvalue weighted by molar-refractivity contribution is -0.146. The van der Waals surface area contributed by atoms with Crippen LogP contribution < -0.4 is 5.32 Å². The maximum atomic E-state index is 14.9. The maximum Gasteiger partial charge on any atom is 0.410 e. The first-order valence-corrected chi connectivity index (χ1v) is 18.7. The molecule has 13 heteroatoms. The van der Waals surface area contributed by atoms with Crippen molar-refractivity contribution in [1.82, 2.24) is 25.0 Å². The van der Waals surface area contributed by atoms with Crippen LogP contribution in [0, 0.1) is 5.82 Å². The van der Waals surface area contributed by atoms with Crippen molar-refractivity contribution in [2.24, 2.45) is 0 Å². The number of carbonyl (C=O) groups excluding carboxylic acids is 4. The fraction of sp³-hybridized carbons (Fsp3) is 0.429. The molecule has 0 spiro atoms. The number of benzene rings is 3. The molecule has 6 rings (SSSR count). The van der Waals surface area contributed by atoms with Gasteiger partial charge in [-0.15, -0.1) is 0 Å². The fourth-order valence-electron chi connectivity index (χ4n) is 7.67. The van der Waals surface area contributed by atoms with E-state index in [0.717, 1.165) is 22.1 Å². The zero-order valence-electron chi connectivity index (χ0n) is 32.2. The zero-order chi connectivity index (χ0) is 39.4. The molecule has 3 heterocycles. The molecule has 0 aliphatic carbocycles. The average molecular weight is 756 g/mol. The van der Waals surface area contributed by atoms with Crippen molar-refractivity contribution < 1.29 is 37.8 Å². The Morgan fingerprint density at radius 3 is 2.20 bits per heavy atom. The van der Waals surface area contributed by atoms with Crippen molar-refractivity contribution in [3.63, 3.8) is 0 Å². The first-order valence-electron chi connectivity index (χ1n) is 18.7. The van der Waals surface area contributed by atoms with E-state index in [0.29, 0.717) is 18.5 Å². The van der Waals surface area contributed by atoms with Crippen molar-refractivity contribution in [2.45, 2.75) is 96.0 Å². The Morgan fingerprint density at radius 2 is 1.56 bits per heavy atom. The van der Waals surface area contributed by atoms with Gasteiger partial charge in [0.15, 0.2) is 0 Å². The predicted molar refractivity (Wildman–Crippen MR) is 204 cm³/mol. The number of likely N-dealkylation sites (N-methyl/N-ethyl adjacent to an activating group) is 1. The van der Waals surface area contributed by atoms with E-state index in [1.54, 1.807) is 29.7 Å². The van der Waals surface area contributed by atoms with Crippen molar-refractivity contribution in [2.75, 3.05) is 20.1 Å². The van der Waals surface area contributed by atoms with Gasteiger partial charge in [0.05, 0.1) is 23.8 Å². The van der Waals surface area contributed by atoms with Gasteiger partial charge in [0.25, 0.3) is 0 Å². The van der Waals surface area contributed by atoms with Crippen LogP contribution in [0.2, 0.25) is 0 Å². The van der Waals surface area contributed by atoms with Crippen LogP contribution in [0.15, 0.2) is 85.1 Å². The molecular formula is C42H50FN5O7. The lowest BCUT2D eigenvalue weighted by Gasteiger charge is -2.36. The number of amides is 4. The zero-order valence-corrected chi connectivity index (χ0v) is 32.2. The second-order valence-electron chi connectivity index (χ2n) is 15.4. The minimum absolute atomic E-state index is 0.0385. The summed E-state index contributed by atoms with van der Waals surface area (Å²) in [6.07, 6.45) is 0.325. The van der Waals surface area contributed by atoms with Crippen LogP contribution in [-0.2, 0) is 37.0 Å². The van der Waals surface area contributed by atoms with Gasteiger partial charge in [-0.3, -0.25) is 14.5 Å². The standard InChI is InChI=1S/C42H50FN5O7/c1-26(46(6)40(51)53-24-28-13-9-7-10-14-28)38(49)45-36(27(2)55-42(3,4)5)39(50)47-20-19-35-37(47)33(32-22-44-34-21-30(43)17-18-31(32)34)23-48(35)41(52)54-25-29-15-11-8-12-16-29/h7-18,21-22,26-27,33,35-37,44H,19-20,23-25H2,1-6H3,(H,45,49). The largest absolute Gasteiger partial charge is 0.445 e. The van der Waals surface area contributed by atoms with Crippen LogP contribution in [0.5, 0.6) is 0 Å². The van der Waals surface area contributed by atoms with Gasteiger partial charge in [-0.25, -0.2) is 14.0 Å². The van der Waals surface area contributed by atoms with Crippen molar-refractivity contribution in [3.8, 4) is 0 Å². The summed E-state index contributed by atoms with van der Waals surface area (Å²) < 4.78 is 31.8. The van der Waals surface area contributed by atoms with Gasteiger partial charge in [0.1, 0.15) is 31.1 Å². The Labute approximate surface area is 320 Å². The smallest absolute Gasteiger partial charge is 0.410 e. The number of rotatable bonds is 11. The second kappa shape index (κ2) is 16.5. The van der Waals surface area contributed by atoms with Gasteiger partial charge in [0.2, 0.25) is 11.8 Å². The van der Waals surface area contributed by atoms with Gasteiger partial charge in [-0.2, -0.15) is 0 Å². The van der Waals surface area contributed by atoms with E-state index in [2.05, 4.69) is 10.3 Å². The summed E-state index contributed by atoms with van der Waals surface area (Å²) in [4.78, 5) is 63.2. The summed E-state index contributed by atoms with van der Waals surface area (Å²) in [6.45, 7) is 9.59. The number of nitrogens with one attached hydrogen (secondary N) is 2. The first kappa shape index (κ1) is 39.3. The molecule has 0 saturated carbocycles. The van der Waals surface area contributed by atoms with E-state index in [-0.39, 0.29) is 43.4 Å². The van der Waals surface area contributed by atoms with E-state index < -0.39 is 47.9 Å². The van der Waals surface area contributed by atoms with Crippen molar-refractivity contribution >= 4 is 34.9 Å². The number of carbonyl (C=O) groups is 4. The van der Waals surface area contributed by atoms with E-state index >= 15 is 0 Å². The van der Waals surface area contributed by atoms with Crippen molar-refractivity contribution in [3.05, 3.63) is 108 Å². The quantitative estimate of drug-likeness (QED) is 0.182. The highest BCUT2D eigenvalue weighted by molar-refractivity contribution is 5.92. The molecule has 2 aliphatic rings. The Morgan fingerprint density at radius 1 is 0.927 bits per heavy atom. The number of H-pyrrole nitrogens is 1. The molecule has 2 saturated heterocycles. The summed E-state index contributed by atoms with van der Waals surface area (Å²) in [5, 5.41) is 3.69. The number of fused-ring (bicyclic) bond motifs is 2. The molecule has 2 aliphatic heterocycles. The normalized spacial score (nSPS) is 19.7. The number of aromatic nitrogens is 1. The third-order valence-electron chi connectivity index (χ3n) is 10.5. The Balaban J connectivity index is 1.25. The molecular weight excluding hydrogens is 705 g/mol. The number of nitrogens with zero attached hydrogens (tertiary/aromatic N) is 3. The molecule has 0 bridgehead atoms. The van der Waals surface area contributed by atoms with Crippen molar-refractivity contribution in [1.29, 1.82) is 0 Å². The molecule has 1 aromatic heterocycles. The van der Waals surface area contributed by atoms with E-state index in [1.165, 1.54) is 24.1 Å². The van der Waals surface area contributed by atoms with Crippen LogP contribution in [0.1, 0.15) is 63.6 Å². The van der Waals surface area contributed by atoms with E-state index in [4.69, 9.17) is 14.2 Å². The highest BCUT2D eigenvalue weighted by Gasteiger charge is 2.54. The number of ether oxygens (including phenoxy) is 3. The molecule has 12 nitrogen and oxygen atoms in total. The molecule has 0 radical (unpaired) electrons. The summed E-state index contributed by atoms with van der Waals surface area (Å²) in [5.41, 5.74) is 2.43. The SMILES string of the molecule is CC(OC(C)(C)C)C(NC(=O)C(C)N(C)C(=O)OCc1ccccc1)C(=O)N1CCC2C1C(c1c[nH]c3cc(F)ccc13)CN2C(=O)OCc1ccccc1. The van der Waals surface area contributed by atoms with Crippen LogP contribution in [-0.4, -0.2) is 99.7 Å². The lowest BCUT2D eigenvalue weighted by atomic mass is 9.91. The van der Waals surface area contributed by atoms with Crippen LogP contribution in [0.3, 0.4) is 0 Å². The second-order valence-corrected chi connectivity index (χ2v) is 15.4. The minimum atomic E-state index is -1.14. The van der Waals surface area contributed by atoms with Gasteiger partial charge < -0.3 is 34.3 Å². The predicted octanol–water partition coefficient (Wildman–Crippen LogP) is 6.36. The average Bonchev–Trinajstić information content (AvgIpc) is 3.88. The molecule has 4 aromatic rings. The highest BCUT2D eigenvalue weighted by Crippen LogP contribution is 2.44. The molecule has 292 valence electrons. The molecule has 3 aromatic carbocycles. The topological polar surface area (TPSA) is 134 Å². The first-order chi connectivity index (χ1) is 26.2. The molecule has 4 amide bonds. The number of hydrogen-bond donors (Lipinski definition) is 2. The molecule has 6 atom stereocenters. The Hall–Kier alpha value is -5.43. The van der Waals surface area contributed by atoms with Gasteiger partial charge in [-0.05, 0) is 75.9 Å².